The molecule has 0 aliphatic rings. The van der Waals surface area contributed by atoms with Crippen LogP contribution in [0.2, 0.25) is 0 Å². The maximum atomic E-state index is 12.6. The Kier molecular flexibility index (Phi) is 6.84. The molecule has 152 valence electrons. The molecule has 0 aliphatic carbocycles. The van der Waals surface area contributed by atoms with Crippen molar-refractivity contribution in [1.29, 1.82) is 0 Å². The maximum Gasteiger partial charge on any atom is 0.255 e. The normalized spacial score (nSPS) is 10.6. The van der Waals surface area contributed by atoms with Gasteiger partial charge in [-0.1, -0.05) is 36.4 Å². The number of hydrogen-bond acceptors (Lipinski definition) is 5. The van der Waals surface area contributed by atoms with Gasteiger partial charge in [0, 0.05) is 6.07 Å². The quantitative estimate of drug-likeness (QED) is 0.426. The number of ether oxygens (including phenoxy) is 3. The van der Waals surface area contributed by atoms with Gasteiger partial charge in [-0.2, -0.15) is 0 Å². The first kappa shape index (κ1) is 20.7. The predicted molar refractivity (Wildman–Crippen MR) is 114 cm³/mol. The van der Waals surface area contributed by atoms with Gasteiger partial charge in [0.05, 0.1) is 12.7 Å². The summed E-state index contributed by atoms with van der Waals surface area (Å²) in [6.07, 6.45) is 3.17. The van der Waals surface area contributed by atoms with E-state index < -0.39 is 5.91 Å². The van der Waals surface area contributed by atoms with Gasteiger partial charge in [0.15, 0.2) is 12.4 Å². The molecule has 0 radical (unpaired) electrons. The minimum absolute atomic E-state index is 0.234. The van der Waals surface area contributed by atoms with E-state index in [4.69, 9.17) is 19.9 Å². The van der Waals surface area contributed by atoms with Crippen molar-refractivity contribution in [3.8, 4) is 23.0 Å². The summed E-state index contributed by atoms with van der Waals surface area (Å²) in [7, 11) is 1.46. The standard InChI is InChI=1S/C24H21NO5/c1-28-23-15-19(29-16-24(25)27)11-12-21(23)22(26)13-10-17-6-5-9-20(14-17)30-18-7-3-2-4-8-18/h2-15H,16H2,1H3,(H2,25,27)/b13-10+. The Morgan fingerprint density at radius 3 is 2.40 bits per heavy atom. The third-order valence-corrected chi connectivity index (χ3v) is 4.08. The molecule has 0 unspecified atom stereocenters. The third kappa shape index (κ3) is 5.72. The second-order valence-electron chi connectivity index (χ2n) is 6.30. The van der Waals surface area contributed by atoms with E-state index in [1.165, 1.54) is 13.2 Å². The van der Waals surface area contributed by atoms with E-state index in [-0.39, 0.29) is 12.4 Å². The highest BCUT2D eigenvalue weighted by atomic mass is 16.5. The highest BCUT2D eigenvalue weighted by molar-refractivity contribution is 6.08. The minimum Gasteiger partial charge on any atom is -0.496 e. The van der Waals surface area contributed by atoms with Gasteiger partial charge in [-0.3, -0.25) is 9.59 Å². The lowest BCUT2D eigenvalue weighted by Gasteiger charge is -2.09. The lowest BCUT2D eigenvalue weighted by Crippen LogP contribution is -2.20. The van der Waals surface area contributed by atoms with Crippen LogP contribution in [0.1, 0.15) is 15.9 Å². The van der Waals surface area contributed by atoms with Gasteiger partial charge in [0.25, 0.3) is 5.91 Å². The second kappa shape index (κ2) is 9.93. The monoisotopic (exact) mass is 403 g/mol. The summed E-state index contributed by atoms with van der Waals surface area (Å²) in [4.78, 5) is 23.5. The molecule has 0 saturated heterocycles. The van der Waals surface area contributed by atoms with E-state index in [1.807, 2.05) is 54.6 Å². The number of primary amides is 1. The molecule has 0 aliphatic heterocycles. The Morgan fingerprint density at radius 1 is 0.900 bits per heavy atom. The number of rotatable bonds is 9. The molecule has 0 atom stereocenters. The number of ketones is 1. The molecule has 0 fully saturated rings. The van der Waals surface area contributed by atoms with Crippen molar-refractivity contribution in [2.75, 3.05) is 13.7 Å². The van der Waals surface area contributed by atoms with Crippen LogP contribution >= 0.6 is 0 Å². The molecule has 6 nitrogen and oxygen atoms in total. The highest BCUT2D eigenvalue weighted by Gasteiger charge is 2.11. The van der Waals surface area contributed by atoms with Crippen molar-refractivity contribution in [3.05, 3.63) is 90.0 Å². The molecular formula is C24H21NO5. The zero-order chi connectivity index (χ0) is 21.3. The average molecular weight is 403 g/mol. The second-order valence-corrected chi connectivity index (χ2v) is 6.30. The molecule has 1 amide bonds. The van der Waals surface area contributed by atoms with Gasteiger partial charge < -0.3 is 19.9 Å². The summed E-state index contributed by atoms with van der Waals surface area (Å²) >= 11 is 0. The number of nitrogens with two attached hydrogens (primary N) is 1. The summed E-state index contributed by atoms with van der Waals surface area (Å²) in [5, 5.41) is 0. The molecule has 2 N–H and O–H groups in total. The van der Waals surface area contributed by atoms with Crippen molar-refractivity contribution in [2.24, 2.45) is 5.73 Å². The summed E-state index contributed by atoms with van der Waals surface area (Å²) < 4.78 is 16.3. The Bertz CT molecular complexity index is 1060. The molecule has 0 heterocycles. The number of carbonyl (C=O) groups is 2. The van der Waals surface area contributed by atoms with E-state index in [0.717, 1.165) is 11.3 Å². The maximum absolute atomic E-state index is 12.6. The Morgan fingerprint density at radius 2 is 1.67 bits per heavy atom. The molecule has 3 rings (SSSR count). The largest absolute Gasteiger partial charge is 0.496 e. The topological polar surface area (TPSA) is 87.9 Å². The first-order chi connectivity index (χ1) is 14.5. The Balaban J connectivity index is 1.72. The summed E-state index contributed by atoms with van der Waals surface area (Å²) in [5.41, 5.74) is 6.26. The molecule has 30 heavy (non-hydrogen) atoms. The van der Waals surface area contributed by atoms with Gasteiger partial charge in [0.2, 0.25) is 0 Å². The zero-order valence-electron chi connectivity index (χ0n) is 16.4. The van der Waals surface area contributed by atoms with Crippen LogP contribution in [0.3, 0.4) is 0 Å². The van der Waals surface area contributed by atoms with Crippen LogP contribution in [0, 0.1) is 0 Å². The Hall–Kier alpha value is -4.06. The van der Waals surface area contributed by atoms with Crippen LogP contribution in [0.4, 0.5) is 0 Å². The first-order valence-electron chi connectivity index (χ1n) is 9.19. The molecule has 0 spiro atoms. The summed E-state index contributed by atoms with van der Waals surface area (Å²) in [5.74, 6) is 1.31. The lowest BCUT2D eigenvalue weighted by atomic mass is 10.1. The van der Waals surface area contributed by atoms with Gasteiger partial charge >= 0.3 is 0 Å². The van der Waals surface area contributed by atoms with Crippen LogP contribution in [0.25, 0.3) is 6.08 Å². The van der Waals surface area contributed by atoms with Crippen molar-refractivity contribution in [2.45, 2.75) is 0 Å². The highest BCUT2D eigenvalue weighted by Crippen LogP contribution is 2.26. The van der Waals surface area contributed by atoms with Crippen LogP contribution in [-0.4, -0.2) is 25.4 Å². The van der Waals surface area contributed by atoms with Crippen LogP contribution < -0.4 is 19.9 Å². The third-order valence-electron chi connectivity index (χ3n) is 4.08. The van der Waals surface area contributed by atoms with Gasteiger partial charge in [-0.15, -0.1) is 0 Å². The van der Waals surface area contributed by atoms with Gasteiger partial charge in [-0.05, 0) is 48.0 Å². The van der Waals surface area contributed by atoms with E-state index in [2.05, 4.69) is 0 Å². The predicted octanol–water partition coefficient (Wildman–Crippen LogP) is 4.25. The smallest absolute Gasteiger partial charge is 0.255 e. The van der Waals surface area contributed by atoms with Gasteiger partial charge in [0.1, 0.15) is 23.0 Å². The van der Waals surface area contributed by atoms with Crippen molar-refractivity contribution in [1.82, 2.24) is 0 Å². The summed E-state index contributed by atoms with van der Waals surface area (Å²) in [6.45, 7) is -0.252. The van der Waals surface area contributed by atoms with E-state index in [9.17, 15) is 9.59 Å². The molecular weight excluding hydrogens is 382 g/mol. The van der Waals surface area contributed by atoms with Crippen molar-refractivity contribution in [3.63, 3.8) is 0 Å². The Labute approximate surface area is 174 Å². The SMILES string of the molecule is COc1cc(OCC(N)=O)ccc1C(=O)/C=C/c1cccc(Oc2ccccc2)c1. The van der Waals surface area contributed by atoms with Crippen molar-refractivity contribution >= 4 is 17.8 Å². The number of benzene rings is 3. The molecule has 0 aromatic heterocycles. The average Bonchev–Trinajstić information content (AvgIpc) is 2.76. The zero-order valence-corrected chi connectivity index (χ0v) is 16.4. The fourth-order valence-corrected chi connectivity index (χ4v) is 2.69. The number of para-hydroxylation sites is 1. The number of allylic oxidation sites excluding steroid dienone is 1. The molecule has 3 aromatic rings. The molecule has 3 aromatic carbocycles. The fourth-order valence-electron chi connectivity index (χ4n) is 2.69. The van der Waals surface area contributed by atoms with Crippen LogP contribution in [0.15, 0.2) is 78.9 Å². The molecule has 0 bridgehead atoms. The van der Waals surface area contributed by atoms with E-state index in [1.54, 1.807) is 24.3 Å². The van der Waals surface area contributed by atoms with E-state index >= 15 is 0 Å². The summed E-state index contributed by atoms with van der Waals surface area (Å²) in [6, 6.07) is 21.6. The van der Waals surface area contributed by atoms with Gasteiger partial charge in [-0.25, -0.2) is 0 Å². The molecule has 6 heteroatoms. The molecule has 0 saturated carbocycles. The number of hydrogen-bond donors (Lipinski definition) is 1. The number of methoxy groups -OCH3 is 1. The lowest BCUT2D eigenvalue weighted by molar-refractivity contribution is -0.119. The first-order valence-corrected chi connectivity index (χ1v) is 9.19. The van der Waals surface area contributed by atoms with E-state index in [0.29, 0.717) is 22.8 Å². The number of carbonyl (C=O) groups excluding carboxylic acids is 2. The minimum atomic E-state index is -0.587. The van der Waals surface area contributed by atoms with Crippen molar-refractivity contribution < 1.29 is 23.8 Å². The van der Waals surface area contributed by atoms with Crippen LogP contribution in [0.5, 0.6) is 23.0 Å². The fraction of sp³-hybridized carbons (Fsp3) is 0.0833. The van der Waals surface area contributed by atoms with Crippen LogP contribution in [-0.2, 0) is 4.79 Å². The number of amides is 1.